The number of carbonyl (C=O) groups is 1. The summed E-state index contributed by atoms with van der Waals surface area (Å²) in [4.78, 5) is 12.2. The van der Waals surface area contributed by atoms with Crippen molar-refractivity contribution in [2.75, 3.05) is 25.1 Å². The molecule has 0 bridgehead atoms. The number of ether oxygens (including phenoxy) is 1. The maximum atomic E-state index is 12.2. The smallest absolute Gasteiger partial charge is 0.243 e. The number of rotatable bonds is 5. The van der Waals surface area contributed by atoms with E-state index in [0.29, 0.717) is 13.2 Å². The Morgan fingerprint density at radius 1 is 1.30 bits per heavy atom. The lowest BCUT2D eigenvalue weighted by Crippen LogP contribution is -2.48. The lowest BCUT2D eigenvalue weighted by molar-refractivity contribution is -0.120. The topological polar surface area (TPSA) is 50.4 Å². The Hall–Kier alpha value is -1.04. The van der Waals surface area contributed by atoms with Gasteiger partial charge in [0.25, 0.3) is 0 Å². The zero-order chi connectivity index (χ0) is 15.9. The van der Waals surface area contributed by atoms with Gasteiger partial charge in [0.15, 0.2) is 0 Å². The molecule has 1 aromatic carbocycles. The molecule has 4 nitrogen and oxygen atoms in total. The third kappa shape index (κ3) is 5.23. The highest BCUT2D eigenvalue weighted by Crippen LogP contribution is 2.30. The number of amides is 1. The van der Waals surface area contributed by atoms with Crippen LogP contribution in [-0.2, 0) is 15.3 Å². The van der Waals surface area contributed by atoms with Crippen molar-refractivity contribution in [3.05, 3.63) is 29.8 Å². The van der Waals surface area contributed by atoms with E-state index in [9.17, 15) is 4.79 Å². The van der Waals surface area contributed by atoms with Crippen LogP contribution in [-0.4, -0.2) is 37.0 Å². The molecule has 5 heteroatoms. The van der Waals surface area contributed by atoms with Crippen LogP contribution < -0.4 is 10.6 Å². The molecule has 2 fully saturated rings. The monoisotopic (exact) mass is 334 g/mol. The predicted octanol–water partition coefficient (Wildman–Crippen LogP) is 3.18. The Kier molecular flexibility index (Phi) is 6.37. The highest BCUT2D eigenvalue weighted by Gasteiger charge is 2.21. The van der Waals surface area contributed by atoms with Crippen LogP contribution in [0.25, 0.3) is 0 Å². The number of carbonyl (C=O) groups excluding carboxylic acids is 1. The number of hydrogen-bond acceptors (Lipinski definition) is 4. The van der Waals surface area contributed by atoms with E-state index in [-0.39, 0.29) is 11.9 Å². The van der Waals surface area contributed by atoms with Gasteiger partial charge in [-0.2, -0.15) is 11.8 Å². The van der Waals surface area contributed by atoms with Crippen LogP contribution in [0.5, 0.6) is 0 Å². The van der Waals surface area contributed by atoms with Crippen LogP contribution in [0, 0.1) is 0 Å². The van der Waals surface area contributed by atoms with Gasteiger partial charge in [0.1, 0.15) is 6.04 Å². The number of morpholine rings is 1. The van der Waals surface area contributed by atoms with Gasteiger partial charge in [-0.3, -0.25) is 4.79 Å². The highest BCUT2D eigenvalue weighted by molar-refractivity contribution is 7.99. The van der Waals surface area contributed by atoms with Gasteiger partial charge in [-0.05, 0) is 30.5 Å². The van der Waals surface area contributed by atoms with Crippen LogP contribution in [0.2, 0.25) is 0 Å². The molecule has 1 heterocycles. The van der Waals surface area contributed by atoms with Crippen molar-refractivity contribution >= 4 is 23.4 Å². The number of anilines is 1. The quantitative estimate of drug-likeness (QED) is 0.868. The SMILES string of the molecule is O=C(Nc1cccc(CSC2CCCCC2)c1)C1COCCN1. The number of benzene rings is 1. The summed E-state index contributed by atoms with van der Waals surface area (Å²) < 4.78 is 5.34. The van der Waals surface area contributed by atoms with Gasteiger partial charge in [-0.15, -0.1) is 0 Å². The maximum absolute atomic E-state index is 12.2. The average Bonchev–Trinajstić information content (AvgIpc) is 2.62. The molecule has 23 heavy (non-hydrogen) atoms. The summed E-state index contributed by atoms with van der Waals surface area (Å²) >= 11 is 2.06. The van der Waals surface area contributed by atoms with E-state index < -0.39 is 0 Å². The summed E-state index contributed by atoms with van der Waals surface area (Å²) in [6.07, 6.45) is 6.87. The summed E-state index contributed by atoms with van der Waals surface area (Å²) in [6, 6.07) is 7.97. The van der Waals surface area contributed by atoms with Gasteiger partial charge in [0.2, 0.25) is 5.91 Å². The van der Waals surface area contributed by atoms with Crippen LogP contribution in [0.15, 0.2) is 24.3 Å². The van der Waals surface area contributed by atoms with Crippen molar-refractivity contribution in [1.82, 2.24) is 5.32 Å². The second kappa shape index (κ2) is 8.71. The fourth-order valence-electron chi connectivity index (χ4n) is 3.15. The molecule has 1 aliphatic heterocycles. The summed E-state index contributed by atoms with van der Waals surface area (Å²) in [5.74, 6) is 1.01. The first-order valence-corrected chi connectivity index (χ1v) is 9.69. The molecule has 1 amide bonds. The summed E-state index contributed by atoms with van der Waals surface area (Å²) in [6.45, 7) is 1.86. The Labute approximate surface area is 142 Å². The van der Waals surface area contributed by atoms with Gasteiger partial charge in [-0.1, -0.05) is 31.4 Å². The number of nitrogens with one attached hydrogen (secondary N) is 2. The molecule has 1 unspecified atom stereocenters. The minimum Gasteiger partial charge on any atom is -0.378 e. The molecule has 0 spiro atoms. The fraction of sp³-hybridized carbons (Fsp3) is 0.611. The third-order valence-electron chi connectivity index (χ3n) is 4.47. The van der Waals surface area contributed by atoms with Gasteiger partial charge >= 0.3 is 0 Å². The molecule has 1 saturated heterocycles. The summed E-state index contributed by atoms with van der Waals surface area (Å²) in [5.41, 5.74) is 2.16. The van der Waals surface area contributed by atoms with E-state index in [1.165, 1.54) is 37.7 Å². The summed E-state index contributed by atoms with van der Waals surface area (Å²) in [5, 5.41) is 6.99. The van der Waals surface area contributed by atoms with E-state index in [2.05, 4.69) is 34.5 Å². The van der Waals surface area contributed by atoms with E-state index in [1.807, 2.05) is 12.1 Å². The molecule has 2 N–H and O–H groups in total. The predicted molar refractivity (Wildman–Crippen MR) is 95.8 cm³/mol. The lowest BCUT2D eigenvalue weighted by Gasteiger charge is -2.23. The van der Waals surface area contributed by atoms with Gasteiger partial charge in [-0.25, -0.2) is 0 Å². The molecular formula is C18H26N2O2S. The molecular weight excluding hydrogens is 308 g/mol. The zero-order valence-corrected chi connectivity index (χ0v) is 14.4. The zero-order valence-electron chi connectivity index (χ0n) is 13.6. The standard InChI is InChI=1S/C18H26N2O2S/c21-18(17-12-22-10-9-19-17)20-15-6-4-5-14(11-15)13-23-16-7-2-1-3-8-16/h4-6,11,16-17,19H,1-3,7-10,12-13H2,(H,20,21). The normalized spacial score (nSPS) is 22.7. The first-order chi connectivity index (χ1) is 11.3. The van der Waals surface area contributed by atoms with E-state index in [0.717, 1.165) is 23.2 Å². The van der Waals surface area contributed by atoms with Gasteiger partial charge in [0, 0.05) is 23.2 Å². The molecule has 3 rings (SSSR count). The second-order valence-electron chi connectivity index (χ2n) is 6.34. The van der Waals surface area contributed by atoms with Crippen molar-refractivity contribution in [3.8, 4) is 0 Å². The Balaban J connectivity index is 1.51. The molecule has 1 aliphatic carbocycles. The lowest BCUT2D eigenvalue weighted by atomic mass is 10.0. The molecule has 1 aromatic rings. The average molecular weight is 334 g/mol. The largest absolute Gasteiger partial charge is 0.378 e. The fourth-order valence-corrected chi connectivity index (χ4v) is 4.42. The van der Waals surface area contributed by atoms with Gasteiger partial charge < -0.3 is 15.4 Å². The van der Waals surface area contributed by atoms with Crippen molar-refractivity contribution in [2.24, 2.45) is 0 Å². The van der Waals surface area contributed by atoms with Crippen molar-refractivity contribution in [3.63, 3.8) is 0 Å². The van der Waals surface area contributed by atoms with Crippen molar-refractivity contribution < 1.29 is 9.53 Å². The van der Waals surface area contributed by atoms with Crippen LogP contribution in [0.1, 0.15) is 37.7 Å². The Morgan fingerprint density at radius 3 is 2.96 bits per heavy atom. The second-order valence-corrected chi connectivity index (χ2v) is 7.63. The molecule has 1 saturated carbocycles. The summed E-state index contributed by atoms with van der Waals surface area (Å²) in [7, 11) is 0. The Bertz CT molecular complexity index is 511. The van der Waals surface area contributed by atoms with Crippen molar-refractivity contribution in [1.29, 1.82) is 0 Å². The number of hydrogen-bond donors (Lipinski definition) is 2. The number of thioether (sulfide) groups is 1. The molecule has 2 aliphatic rings. The van der Waals surface area contributed by atoms with Crippen LogP contribution >= 0.6 is 11.8 Å². The van der Waals surface area contributed by atoms with E-state index >= 15 is 0 Å². The first kappa shape index (κ1) is 16.8. The maximum Gasteiger partial charge on any atom is 0.243 e. The Morgan fingerprint density at radius 2 is 2.17 bits per heavy atom. The van der Waals surface area contributed by atoms with Crippen molar-refractivity contribution in [2.45, 2.75) is 49.1 Å². The van der Waals surface area contributed by atoms with E-state index in [1.54, 1.807) is 0 Å². The van der Waals surface area contributed by atoms with Crippen LogP contribution in [0.4, 0.5) is 5.69 Å². The molecule has 0 radical (unpaired) electrons. The molecule has 126 valence electrons. The molecule has 0 aromatic heterocycles. The third-order valence-corrected chi connectivity index (χ3v) is 5.91. The first-order valence-electron chi connectivity index (χ1n) is 8.64. The van der Waals surface area contributed by atoms with E-state index in [4.69, 9.17) is 4.74 Å². The minimum atomic E-state index is -0.246. The molecule has 1 atom stereocenters. The highest BCUT2D eigenvalue weighted by atomic mass is 32.2. The minimum absolute atomic E-state index is 0.0122. The van der Waals surface area contributed by atoms with Gasteiger partial charge in [0.05, 0.1) is 13.2 Å². The van der Waals surface area contributed by atoms with Crippen LogP contribution in [0.3, 0.4) is 0 Å².